The summed E-state index contributed by atoms with van der Waals surface area (Å²) in [4.78, 5) is 25.3. The molecule has 0 fully saturated rings. The van der Waals surface area contributed by atoms with Crippen molar-refractivity contribution in [3.8, 4) is 0 Å². The topological polar surface area (TPSA) is 111 Å². The monoisotopic (exact) mass is 456 g/mol. The van der Waals surface area contributed by atoms with Crippen LogP contribution >= 0.6 is 0 Å². The van der Waals surface area contributed by atoms with Gasteiger partial charge < -0.3 is 10.1 Å². The van der Waals surface area contributed by atoms with Crippen LogP contribution in [0, 0.1) is 6.92 Å². The van der Waals surface area contributed by atoms with Gasteiger partial charge in [0.25, 0.3) is 15.9 Å². The maximum atomic E-state index is 13.1. The quantitative estimate of drug-likeness (QED) is 0.547. The number of para-hydroxylation sites is 1. The van der Waals surface area contributed by atoms with Crippen molar-refractivity contribution < 1.29 is 22.7 Å². The van der Waals surface area contributed by atoms with E-state index in [1.807, 2.05) is 6.92 Å². The van der Waals surface area contributed by atoms with Crippen LogP contribution in [-0.2, 0) is 21.8 Å². The van der Waals surface area contributed by atoms with Crippen molar-refractivity contribution in [2.24, 2.45) is 7.05 Å². The molecule has 0 aliphatic carbocycles. The minimum atomic E-state index is -3.94. The number of nitrogens with one attached hydrogen (secondary N) is 1. The molecule has 3 rings (SSSR count). The minimum Gasteiger partial charge on any atom is -0.462 e. The molecule has 0 bridgehead atoms. The average Bonchev–Trinajstić information content (AvgIpc) is 3.15. The van der Waals surface area contributed by atoms with Gasteiger partial charge in [0.15, 0.2) is 5.82 Å². The number of sulfonamides is 1. The van der Waals surface area contributed by atoms with Crippen LogP contribution in [0.4, 0.5) is 11.5 Å². The highest BCUT2D eigenvalue weighted by molar-refractivity contribution is 7.92. The summed E-state index contributed by atoms with van der Waals surface area (Å²) in [6, 6.07) is 12.8. The summed E-state index contributed by atoms with van der Waals surface area (Å²) in [7, 11) is -1.04. The Morgan fingerprint density at radius 1 is 1.09 bits per heavy atom. The van der Waals surface area contributed by atoms with Crippen LogP contribution in [0.5, 0.6) is 0 Å². The molecule has 1 heterocycles. The van der Waals surface area contributed by atoms with E-state index in [1.54, 1.807) is 44.3 Å². The summed E-state index contributed by atoms with van der Waals surface area (Å²) >= 11 is 0. The number of aromatic nitrogens is 2. The number of anilines is 2. The second kappa shape index (κ2) is 9.23. The molecule has 9 nitrogen and oxygen atoms in total. The zero-order chi connectivity index (χ0) is 23.5. The number of hydrogen-bond acceptors (Lipinski definition) is 6. The molecule has 10 heteroatoms. The molecule has 0 aliphatic heterocycles. The number of carbonyl (C=O) groups is 2. The van der Waals surface area contributed by atoms with Crippen LogP contribution in [0.2, 0.25) is 0 Å². The fraction of sp³-hybridized carbons (Fsp3) is 0.227. The number of ether oxygens (including phenoxy) is 1. The first-order valence-corrected chi connectivity index (χ1v) is 11.3. The Hall–Kier alpha value is -3.66. The van der Waals surface area contributed by atoms with Crippen molar-refractivity contribution >= 4 is 33.4 Å². The minimum absolute atomic E-state index is 0.0318. The Balaban J connectivity index is 1.95. The number of carbonyl (C=O) groups excluding carboxylic acids is 2. The third-order valence-corrected chi connectivity index (χ3v) is 6.56. The van der Waals surface area contributed by atoms with Gasteiger partial charge in [-0.2, -0.15) is 5.10 Å². The zero-order valence-corrected chi connectivity index (χ0v) is 19.0. The van der Waals surface area contributed by atoms with E-state index in [0.717, 1.165) is 9.87 Å². The van der Waals surface area contributed by atoms with Crippen molar-refractivity contribution in [1.82, 2.24) is 9.78 Å². The summed E-state index contributed by atoms with van der Waals surface area (Å²) in [6.07, 6.45) is 1.28. The number of amides is 1. The molecular weight excluding hydrogens is 432 g/mol. The van der Waals surface area contributed by atoms with Crippen LogP contribution in [0.15, 0.2) is 59.6 Å². The molecule has 0 saturated heterocycles. The van der Waals surface area contributed by atoms with E-state index < -0.39 is 21.9 Å². The highest BCUT2D eigenvalue weighted by Gasteiger charge is 2.29. The van der Waals surface area contributed by atoms with Crippen LogP contribution < -0.4 is 9.62 Å². The van der Waals surface area contributed by atoms with Gasteiger partial charge in [0.05, 0.1) is 29.0 Å². The van der Waals surface area contributed by atoms with Crippen molar-refractivity contribution in [3.63, 3.8) is 0 Å². The fourth-order valence-electron chi connectivity index (χ4n) is 3.12. The number of esters is 1. The second-order valence-corrected chi connectivity index (χ2v) is 8.98. The molecule has 0 spiro atoms. The first-order chi connectivity index (χ1) is 15.2. The van der Waals surface area contributed by atoms with Crippen LogP contribution in [0.3, 0.4) is 0 Å². The molecule has 32 heavy (non-hydrogen) atoms. The normalized spacial score (nSPS) is 11.1. The smallest absolute Gasteiger partial charge is 0.340 e. The van der Waals surface area contributed by atoms with Gasteiger partial charge in [0.2, 0.25) is 0 Å². The summed E-state index contributed by atoms with van der Waals surface area (Å²) in [5.74, 6) is -1.11. The molecule has 0 saturated carbocycles. The van der Waals surface area contributed by atoms with E-state index in [9.17, 15) is 18.0 Å². The van der Waals surface area contributed by atoms with Gasteiger partial charge >= 0.3 is 5.97 Å². The van der Waals surface area contributed by atoms with Crippen molar-refractivity contribution in [1.29, 1.82) is 0 Å². The first kappa shape index (κ1) is 23.0. The van der Waals surface area contributed by atoms with Gasteiger partial charge in [0, 0.05) is 14.1 Å². The summed E-state index contributed by atoms with van der Waals surface area (Å²) in [5, 5.41) is 6.73. The van der Waals surface area contributed by atoms with E-state index in [2.05, 4.69) is 10.4 Å². The summed E-state index contributed by atoms with van der Waals surface area (Å²) in [5.41, 5.74) is 1.39. The third-order valence-electron chi connectivity index (χ3n) is 4.80. The fourth-order valence-corrected chi connectivity index (χ4v) is 4.36. The summed E-state index contributed by atoms with van der Waals surface area (Å²) in [6.45, 7) is 3.73. The Bertz CT molecular complexity index is 1250. The van der Waals surface area contributed by atoms with Gasteiger partial charge in [-0.05, 0) is 38.1 Å². The first-order valence-electron chi connectivity index (χ1n) is 9.82. The Kier molecular flexibility index (Phi) is 6.64. The number of benzene rings is 2. The molecule has 0 atom stereocenters. The van der Waals surface area contributed by atoms with Gasteiger partial charge in [0.1, 0.15) is 5.56 Å². The van der Waals surface area contributed by atoms with E-state index in [0.29, 0.717) is 0 Å². The second-order valence-electron chi connectivity index (χ2n) is 7.01. The molecule has 0 aliphatic rings. The Morgan fingerprint density at radius 2 is 1.75 bits per heavy atom. The number of rotatable bonds is 7. The lowest BCUT2D eigenvalue weighted by molar-refractivity contribution is 0.0527. The van der Waals surface area contributed by atoms with Crippen LogP contribution in [-0.4, -0.2) is 43.7 Å². The lowest BCUT2D eigenvalue weighted by atomic mass is 10.1. The number of nitrogens with zero attached hydrogens (tertiary/aromatic N) is 3. The van der Waals surface area contributed by atoms with Crippen molar-refractivity contribution in [3.05, 3.63) is 71.4 Å². The Morgan fingerprint density at radius 3 is 2.41 bits per heavy atom. The van der Waals surface area contributed by atoms with Crippen LogP contribution in [0.25, 0.3) is 0 Å². The van der Waals surface area contributed by atoms with Crippen molar-refractivity contribution in [2.75, 3.05) is 23.3 Å². The number of aryl methyl sites for hydroxylation is 2. The lowest BCUT2D eigenvalue weighted by Crippen LogP contribution is -2.30. The third kappa shape index (κ3) is 4.50. The SMILES string of the molecule is CCOC(=O)c1ccccc1NC(=O)c1cnn(C)c1N(C)S(=O)(=O)c1ccc(C)cc1. The molecule has 1 aromatic heterocycles. The largest absolute Gasteiger partial charge is 0.462 e. The molecule has 0 radical (unpaired) electrons. The van der Waals surface area contributed by atoms with Gasteiger partial charge in [-0.25, -0.2) is 13.2 Å². The standard InChI is InChI=1S/C22H24N4O5S/c1-5-31-22(28)17-8-6-7-9-19(17)24-20(27)18-14-23-25(3)21(18)26(4)32(29,30)16-12-10-15(2)11-13-16/h6-14H,5H2,1-4H3,(H,24,27). The van der Waals surface area contributed by atoms with E-state index in [1.165, 1.54) is 36.1 Å². The number of hydrogen-bond donors (Lipinski definition) is 1. The molecule has 1 amide bonds. The van der Waals surface area contributed by atoms with Crippen LogP contribution in [0.1, 0.15) is 33.2 Å². The highest BCUT2D eigenvalue weighted by Crippen LogP contribution is 2.27. The lowest BCUT2D eigenvalue weighted by Gasteiger charge is -2.21. The maximum Gasteiger partial charge on any atom is 0.340 e. The molecule has 168 valence electrons. The van der Waals surface area contributed by atoms with E-state index in [-0.39, 0.29) is 34.1 Å². The Labute approximate surface area is 186 Å². The van der Waals surface area contributed by atoms with Gasteiger partial charge in [-0.3, -0.25) is 13.8 Å². The zero-order valence-electron chi connectivity index (χ0n) is 18.2. The van der Waals surface area contributed by atoms with E-state index in [4.69, 9.17) is 4.74 Å². The van der Waals surface area contributed by atoms with Crippen molar-refractivity contribution in [2.45, 2.75) is 18.7 Å². The average molecular weight is 457 g/mol. The summed E-state index contributed by atoms with van der Waals surface area (Å²) < 4.78 is 33.6. The van der Waals surface area contributed by atoms with Gasteiger partial charge in [-0.15, -0.1) is 0 Å². The molecule has 1 N–H and O–H groups in total. The molecule has 0 unspecified atom stereocenters. The van der Waals surface area contributed by atoms with Gasteiger partial charge in [-0.1, -0.05) is 29.8 Å². The maximum absolute atomic E-state index is 13.1. The molecule has 3 aromatic rings. The van der Waals surface area contributed by atoms with E-state index >= 15 is 0 Å². The predicted octanol–water partition coefficient (Wildman–Crippen LogP) is 2.98. The molecule has 2 aromatic carbocycles. The molecular formula is C22H24N4O5S. The predicted molar refractivity (Wildman–Crippen MR) is 120 cm³/mol. The highest BCUT2D eigenvalue weighted by atomic mass is 32.2.